The minimum atomic E-state index is 0.291. The molecule has 142 valence electrons. The topological polar surface area (TPSA) is 23.6 Å². The fraction of sp³-hybridized carbons (Fsp3) is 0.696. The molecule has 1 heterocycles. The number of hydrogen-bond donors (Lipinski definition) is 0. The van der Waals surface area contributed by atoms with E-state index in [1.54, 1.807) is 19.3 Å². The molecule has 0 aromatic heterocycles. The number of carbonyl (C=O) groups is 1. The molecule has 2 unspecified atom stereocenters. The van der Waals surface area contributed by atoms with E-state index in [0.717, 1.165) is 51.0 Å². The van der Waals surface area contributed by atoms with E-state index >= 15 is 0 Å². The van der Waals surface area contributed by atoms with Crippen molar-refractivity contribution in [3.05, 3.63) is 30.3 Å². The number of carbonyl (C=O) groups excluding carboxylic acids is 1. The Morgan fingerprint density at radius 2 is 1.65 bits per heavy atom. The summed E-state index contributed by atoms with van der Waals surface area (Å²) in [7, 11) is 0. The van der Waals surface area contributed by atoms with Gasteiger partial charge >= 0.3 is 0 Å². The molecule has 1 aromatic carbocycles. The van der Waals surface area contributed by atoms with Gasteiger partial charge in [-0.1, -0.05) is 44.4 Å². The normalized spacial score (nSPS) is 28.0. The first-order valence-electron chi connectivity index (χ1n) is 10.9. The zero-order chi connectivity index (χ0) is 17.9. The first kappa shape index (κ1) is 18.0. The van der Waals surface area contributed by atoms with Crippen LogP contribution in [0.3, 0.4) is 0 Å². The van der Waals surface area contributed by atoms with Crippen LogP contribution in [-0.4, -0.2) is 36.5 Å². The highest BCUT2D eigenvalue weighted by Gasteiger charge is 2.40. The van der Waals surface area contributed by atoms with Crippen LogP contribution in [0.25, 0.3) is 0 Å². The van der Waals surface area contributed by atoms with E-state index in [9.17, 15) is 4.79 Å². The molecule has 0 bridgehead atoms. The van der Waals surface area contributed by atoms with E-state index in [-0.39, 0.29) is 0 Å². The van der Waals surface area contributed by atoms with Gasteiger partial charge in [0.1, 0.15) is 0 Å². The summed E-state index contributed by atoms with van der Waals surface area (Å²) in [5, 5.41) is 0. The van der Waals surface area contributed by atoms with Crippen molar-refractivity contribution in [3.63, 3.8) is 0 Å². The number of hydrogen-bond acceptors (Lipinski definition) is 2. The maximum Gasteiger partial charge on any atom is 0.230 e. The molecule has 1 aliphatic heterocycles. The lowest BCUT2D eigenvalue weighted by molar-refractivity contribution is -0.120. The van der Waals surface area contributed by atoms with Gasteiger partial charge in [-0.15, -0.1) is 0 Å². The number of fused-ring (bicyclic) bond motifs is 1. The lowest BCUT2D eigenvalue weighted by atomic mass is 10.0. The number of amides is 1. The molecule has 4 fully saturated rings. The molecule has 0 spiro atoms. The van der Waals surface area contributed by atoms with Gasteiger partial charge in [-0.25, -0.2) is 0 Å². The Kier molecular flexibility index (Phi) is 5.63. The van der Waals surface area contributed by atoms with Crippen molar-refractivity contribution in [2.45, 2.75) is 64.3 Å². The lowest BCUT2D eigenvalue weighted by Gasteiger charge is -2.38. The average Bonchev–Trinajstić information content (AvgIpc) is 3.63. The Morgan fingerprint density at radius 3 is 2.12 bits per heavy atom. The summed E-state index contributed by atoms with van der Waals surface area (Å²) in [6, 6.07) is 10.6. The molecule has 0 radical (unpaired) electrons. The number of rotatable bonds is 4. The fourth-order valence-corrected chi connectivity index (χ4v) is 4.79. The van der Waals surface area contributed by atoms with Gasteiger partial charge < -0.3 is 9.80 Å². The van der Waals surface area contributed by atoms with Crippen molar-refractivity contribution in [1.82, 2.24) is 4.90 Å². The van der Waals surface area contributed by atoms with Crippen LogP contribution >= 0.6 is 0 Å². The number of benzene rings is 1. The zero-order valence-electron chi connectivity index (χ0n) is 16.3. The molecule has 3 saturated carbocycles. The van der Waals surface area contributed by atoms with Gasteiger partial charge in [0.15, 0.2) is 0 Å². The lowest BCUT2D eigenvalue weighted by Crippen LogP contribution is -2.48. The maximum absolute atomic E-state index is 12.7. The van der Waals surface area contributed by atoms with Gasteiger partial charge in [-0.05, 0) is 62.6 Å². The van der Waals surface area contributed by atoms with Crippen molar-refractivity contribution < 1.29 is 4.79 Å². The molecule has 0 N–H and O–H groups in total. The standard InChI is InChI=1S/C17H24N2O.C6H10/c1-2-18-12-10-16(11-13-18)19(17(20)14-8-9-14)15-6-4-3-5-7-15;1-2-5-4-6(5)3-1/h3-7,14,16H,2,8-13H2,1H3;5-6H,1-4H2. The second kappa shape index (κ2) is 8.12. The highest BCUT2D eigenvalue weighted by molar-refractivity contribution is 5.97. The Labute approximate surface area is 158 Å². The van der Waals surface area contributed by atoms with Crippen LogP contribution in [0.15, 0.2) is 30.3 Å². The Hall–Kier alpha value is -1.35. The summed E-state index contributed by atoms with van der Waals surface area (Å²) < 4.78 is 0. The van der Waals surface area contributed by atoms with Gasteiger partial charge in [0.25, 0.3) is 0 Å². The quantitative estimate of drug-likeness (QED) is 0.781. The molecule has 4 aliphatic rings. The van der Waals surface area contributed by atoms with Crippen molar-refractivity contribution >= 4 is 11.6 Å². The largest absolute Gasteiger partial charge is 0.309 e. The van der Waals surface area contributed by atoms with E-state index in [2.05, 4.69) is 28.9 Å². The summed E-state index contributed by atoms with van der Waals surface area (Å²) in [4.78, 5) is 17.2. The van der Waals surface area contributed by atoms with Gasteiger partial charge in [-0.2, -0.15) is 0 Å². The number of likely N-dealkylation sites (tertiary alicyclic amines) is 1. The predicted octanol–water partition coefficient (Wildman–Crippen LogP) is 4.72. The summed E-state index contributed by atoms with van der Waals surface area (Å²) in [5.74, 6) is 3.07. The predicted molar refractivity (Wildman–Crippen MR) is 107 cm³/mol. The van der Waals surface area contributed by atoms with E-state index in [0.29, 0.717) is 17.9 Å². The molecule has 3 heteroatoms. The van der Waals surface area contributed by atoms with Gasteiger partial charge in [-0.3, -0.25) is 4.79 Å². The number of piperidine rings is 1. The number of para-hydroxylation sites is 1. The zero-order valence-corrected chi connectivity index (χ0v) is 16.3. The minimum Gasteiger partial charge on any atom is -0.309 e. The molecule has 1 amide bonds. The van der Waals surface area contributed by atoms with Crippen LogP contribution in [0, 0.1) is 17.8 Å². The Morgan fingerprint density at radius 1 is 1.00 bits per heavy atom. The molecule has 2 atom stereocenters. The summed E-state index contributed by atoms with van der Waals surface area (Å²) in [5.41, 5.74) is 1.08. The second-order valence-electron chi connectivity index (χ2n) is 8.67. The SMILES string of the molecule is C1CC2CC2C1.CCN1CCC(N(C(=O)C2CC2)c2ccccc2)CC1. The van der Waals surface area contributed by atoms with Gasteiger partial charge in [0, 0.05) is 30.7 Å². The Bertz CT molecular complexity index is 581. The molecule has 5 rings (SSSR count). The third kappa shape index (κ3) is 4.31. The van der Waals surface area contributed by atoms with Crippen molar-refractivity contribution in [2.75, 3.05) is 24.5 Å². The molecular weight excluding hydrogens is 320 g/mol. The average molecular weight is 355 g/mol. The first-order chi connectivity index (χ1) is 12.8. The third-order valence-electron chi connectivity index (χ3n) is 6.79. The molecule has 3 aliphatic carbocycles. The number of nitrogens with zero attached hydrogens (tertiary/aromatic N) is 2. The van der Waals surface area contributed by atoms with Gasteiger partial charge in [0.2, 0.25) is 5.91 Å². The van der Waals surface area contributed by atoms with E-state index in [1.807, 2.05) is 18.2 Å². The molecule has 1 saturated heterocycles. The van der Waals surface area contributed by atoms with Crippen LogP contribution in [0.4, 0.5) is 5.69 Å². The highest BCUT2D eigenvalue weighted by Crippen LogP contribution is 2.51. The third-order valence-corrected chi connectivity index (χ3v) is 6.79. The highest BCUT2D eigenvalue weighted by atomic mass is 16.2. The van der Waals surface area contributed by atoms with Crippen molar-refractivity contribution in [1.29, 1.82) is 0 Å². The Balaban J connectivity index is 0.000000233. The summed E-state index contributed by atoms with van der Waals surface area (Å²) >= 11 is 0. The second-order valence-corrected chi connectivity index (χ2v) is 8.67. The van der Waals surface area contributed by atoms with Crippen LogP contribution in [0.5, 0.6) is 0 Å². The smallest absolute Gasteiger partial charge is 0.230 e. The number of anilines is 1. The van der Waals surface area contributed by atoms with Crippen LogP contribution in [-0.2, 0) is 4.79 Å². The van der Waals surface area contributed by atoms with Crippen LogP contribution < -0.4 is 4.90 Å². The van der Waals surface area contributed by atoms with Crippen molar-refractivity contribution in [2.24, 2.45) is 17.8 Å². The van der Waals surface area contributed by atoms with E-state index < -0.39 is 0 Å². The monoisotopic (exact) mass is 354 g/mol. The van der Waals surface area contributed by atoms with Crippen LogP contribution in [0.2, 0.25) is 0 Å². The molecular formula is C23H34N2O. The van der Waals surface area contributed by atoms with E-state index in [4.69, 9.17) is 0 Å². The first-order valence-corrected chi connectivity index (χ1v) is 10.9. The summed E-state index contributed by atoms with van der Waals surface area (Å²) in [6.07, 6.45) is 10.6. The van der Waals surface area contributed by atoms with Crippen molar-refractivity contribution in [3.8, 4) is 0 Å². The maximum atomic E-state index is 12.7. The minimum absolute atomic E-state index is 0.291. The van der Waals surface area contributed by atoms with Gasteiger partial charge in [0.05, 0.1) is 0 Å². The fourth-order valence-electron chi connectivity index (χ4n) is 4.79. The van der Waals surface area contributed by atoms with Crippen LogP contribution in [0.1, 0.15) is 58.3 Å². The molecule has 3 nitrogen and oxygen atoms in total. The molecule has 26 heavy (non-hydrogen) atoms. The summed E-state index contributed by atoms with van der Waals surface area (Å²) in [6.45, 7) is 5.56. The molecule has 1 aromatic rings. The van der Waals surface area contributed by atoms with E-state index in [1.165, 1.54) is 18.3 Å².